The summed E-state index contributed by atoms with van der Waals surface area (Å²) in [5.41, 5.74) is 3.24. The SMILES string of the molecule is CN1CCN(C(=O)c2ccccc2C(=O)Nc2ccc3nc(SCc4ccc([N+](=O)[O-])cc4)sc3c2)CC1. The van der Waals surface area contributed by atoms with E-state index in [0.717, 1.165) is 33.2 Å². The maximum Gasteiger partial charge on any atom is 0.269 e. The van der Waals surface area contributed by atoms with E-state index in [1.807, 2.05) is 19.2 Å². The lowest BCUT2D eigenvalue weighted by Gasteiger charge is -2.32. The van der Waals surface area contributed by atoms with Crippen molar-refractivity contribution in [3.05, 3.63) is 93.5 Å². The Balaban J connectivity index is 1.26. The van der Waals surface area contributed by atoms with E-state index in [1.54, 1.807) is 59.1 Å². The van der Waals surface area contributed by atoms with Crippen molar-refractivity contribution in [3.63, 3.8) is 0 Å². The topological polar surface area (TPSA) is 109 Å². The second-order valence-corrected chi connectivity index (χ2v) is 11.2. The number of carbonyl (C=O) groups is 2. The highest BCUT2D eigenvalue weighted by atomic mass is 32.2. The molecular weight excluding hydrogens is 522 g/mol. The minimum Gasteiger partial charge on any atom is -0.336 e. The molecular formula is C27H25N5O4S2. The smallest absolute Gasteiger partial charge is 0.269 e. The van der Waals surface area contributed by atoms with Gasteiger partial charge in [-0.3, -0.25) is 19.7 Å². The number of nitrogens with zero attached hydrogens (tertiary/aromatic N) is 4. The number of aromatic nitrogens is 1. The lowest BCUT2D eigenvalue weighted by atomic mass is 10.0. The van der Waals surface area contributed by atoms with Crippen LogP contribution in [0.4, 0.5) is 11.4 Å². The monoisotopic (exact) mass is 547 g/mol. The summed E-state index contributed by atoms with van der Waals surface area (Å²) in [4.78, 5) is 45.4. The summed E-state index contributed by atoms with van der Waals surface area (Å²) in [6, 6.07) is 19.0. The molecule has 11 heteroatoms. The number of nitrogens with one attached hydrogen (secondary N) is 1. The first-order valence-corrected chi connectivity index (χ1v) is 13.8. The van der Waals surface area contributed by atoms with E-state index < -0.39 is 4.92 Å². The molecule has 0 unspecified atom stereocenters. The van der Waals surface area contributed by atoms with E-state index in [0.29, 0.717) is 35.7 Å². The van der Waals surface area contributed by atoms with Crippen LogP contribution in [-0.4, -0.2) is 64.7 Å². The minimum atomic E-state index is -0.412. The second kappa shape index (κ2) is 11.3. The maximum absolute atomic E-state index is 13.2. The van der Waals surface area contributed by atoms with Crippen molar-refractivity contribution in [2.75, 3.05) is 38.5 Å². The predicted molar refractivity (Wildman–Crippen MR) is 150 cm³/mol. The van der Waals surface area contributed by atoms with Gasteiger partial charge in [0.1, 0.15) is 0 Å². The first kappa shape index (κ1) is 25.8. The van der Waals surface area contributed by atoms with Crippen molar-refractivity contribution in [1.82, 2.24) is 14.8 Å². The van der Waals surface area contributed by atoms with E-state index >= 15 is 0 Å². The zero-order valence-electron chi connectivity index (χ0n) is 20.6. The van der Waals surface area contributed by atoms with E-state index in [9.17, 15) is 19.7 Å². The fourth-order valence-electron chi connectivity index (χ4n) is 4.15. The molecule has 1 aliphatic heterocycles. The zero-order chi connectivity index (χ0) is 26.6. The first-order chi connectivity index (χ1) is 18.4. The van der Waals surface area contributed by atoms with E-state index in [-0.39, 0.29) is 17.5 Å². The average molecular weight is 548 g/mol. The van der Waals surface area contributed by atoms with Crippen LogP contribution in [0.25, 0.3) is 10.2 Å². The zero-order valence-corrected chi connectivity index (χ0v) is 22.3. The van der Waals surface area contributed by atoms with Crippen LogP contribution in [0.1, 0.15) is 26.3 Å². The molecule has 0 bridgehead atoms. The summed E-state index contributed by atoms with van der Waals surface area (Å²) >= 11 is 3.07. The number of amides is 2. The van der Waals surface area contributed by atoms with Crippen molar-refractivity contribution >= 4 is 56.5 Å². The number of likely N-dealkylation sites (N-methyl/N-ethyl adjacent to an activating group) is 1. The Kier molecular flexibility index (Phi) is 7.68. The summed E-state index contributed by atoms with van der Waals surface area (Å²) in [7, 11) is 2.03. The molecule has 1 aromatic heterocycles. The van der Waals surface area contributed by atoms with E-state index in [2.05, 4.69) is 15.2 Å². The van der Waals surface area contributed by atoms with Crippen molar-refractivity contribution in [2.45, 2.75) is 10.1 Å². The Labute approximate surface area is 227 Å². The third-order valence-electron chi connectivity index (χ3n) is 6.33. The third-order valence-corrected chi connectivity index (χ3v) is 8.56. The fraction of sp³-hybridized carbons (Fsp3) is 0.222. The Morgan fingerprint density at radius 1 is 1.03 bits per heavy atom. The average Bonchev–Trinajstić information content (AvgIpc) is 3.34. The van der Waals surface area contributed by atoms with Crippen LogP contribution in [0.15, 0.2) is 71.1 Å². The first-order valence-electron chi connectivity index (χ1n) is 12.0. The summed E-state index contributed by atoms with van der Waals surface area (Å²) in [6.45, 7) is 2.89. The fourth-order valence-corrected chi connectivity index (χ4v) is 6.21. The van der Waals surface area contributed by atoms with Gasteiger partial charge < -0.3 is 15.1 Å². The molecule has 4 aromatic rings. The largest absolute Gasteiger partial charge is 0.336 e. The molecule has 194 valence electrons. The Bertz CT molecular complexity index is 1500. The van der Waals surface area contributed by atoms with Gasteiger partial charge in [0.2, 0.25) is 0 Å². The maximum atomic E-state index is 13.2. The summed E-state index contributed by atoms with van der Waals surface area (Å²) in [5, 5.41) is 13.8. The van der Waals surface area contributed by atoms with Crippen molar-refractivity contribution < 1.29 is 14.5 Å². The molecule has 1 aliphatic rings. The second-order valence-electron chi connectivity index (χ2n) is 8.97. The molecule has 3 aromatic carbocycles. The number of nitro groups is 1. The molecule has 2 heterocycles. The van der Waals surface area contributed by atoms with Gasteiger partial charge in [0.05, 0.1) is 26.3 Å². The van der Waals surface area contributed by atoms with Gasteiger partial charge in [-0.2, -0.15) is 0 Å². The number of thioether (sulfide) groups is 1. The number of fused-ring (bicyclic) bond motifs is 1. The summed E-state index contributed by atoms with van der Waals surface area (Å²) < 4.78 is 1.79. The van der Waals surface area contributed by atoms with Crippen LogP contribution in [0, 0.1) is 10.1 Å². The van der Waals surface area contributed by atoms with E-state index in [1.165, 1.54) is 23.5 Å². The van der Waals surface area contributed by atoms with Gasteiger partial charge in [0, 0.05) is 49.8 Å². The number of anilines is 1. The Morgan fingerprint density at radius 3 is 2.45 bits per heavy atom. The molecule has 9 nitrogen and oxygen atoms in total. The lowest BCUT2D eigenvalue weighted by Crippen LogP contribution is -2.47. The molecule has 5 rings (SSSR count). The van der Waals surface area contributed by atoms with Gasteiger partial charge in [-0.1, -0.05) is 36.0 Å². The van der Waals surface area contributed by atoms with Crippen molar-refractivity contribution in [1.29, 1.82) is 0 Å². The predicted octanol–water partition coefficient (Wildman–Crippen LogP) is 5.14. The van der Waals surface area contributed by atoms with Crippen LogP contribution in [0.2, 0.25) is 0 Å². The summed E-state index contributed by atoms with van der Waals surface area (Å²) in [6.07, 6.45) is 0. The number of hydrogen-bond acceptors (Lipinski definition) is 8. The third kappa shape index (κ3) is 5.85. The van der Waals surface area contributed by atoms with Gasteiger partial charge in [0.15, 0.2) is 4.34 Å². The quantitative estimate of drug-likeness (QED) is 0.194. The normalized spacial score (nSPS) is 14.0. The number of non-ortho nitro benzene ring substituents is 1. The van der Waals surface area contributed by atoms with Crippen LogP contribution in [0.3, 0.4) is 0 Å². The number of rotatable bonds is 7. The molecule has 0 spiro atoms. The van der Waals surface area contributed by atoms with Gasteiger partial charge in [-0.15, -0.1) is 11.3 Å². The van der Waals surface area contributed by atoms with Crippen molar-refractivity contribution in [2.24, 2.45) is 0 Å². The Morgan fingerprint density at radius 2 is 1.74 bits per heavy atom. The standard InChI is InChI=1S/C27H25N5O4S2/c1-30-12-14-31(15-13-30)26(34)22-5-3-2-4-21(22)25(33)28-19-8-11-23-24(16-19)38-27(29-23)37-17-18-6-9-20(10-7-18)32(35)36/h2-11,16H,12-15,17H2,1H3,(H,28,33). The van der Waals surface area contributed by atoms with Gasteiger partial charge >= 0.3 is 0 Å². The molecule has 1 fully saturated rings. The van der Waals surface area contributed by atoms with Gasteiger partial charge in [-0.05, 0) is 42.9 Å². The number of hydrogen-bond donors (Lipinski definition) is 1. The molecule has 38 heavy (non-hydrogen) atoms. The van der Waals surface area contributed by atoms with E-state index in [4.69, 9.17) is 0 Å². The molecule has 0 atom stereocenters. The lowest BCUT2D eigenvalue weighted by molar-refractivity contribution is -0.384. The minimum absolute atomic E-state index is 0.0691. The highest BCUT2D eigenvalue weighted by Gasteiger charge is 2.24. The van der Waals surface area contributed by atoms with Crippen molar-refractivity contribution in [3.8, 4) is 0 Å². The van der Waals surface area contributed by atoms with Crippen LogP contribution >= 0.6 is 23.1 Å². The molecule has 2 amide bonds. The molecule has 1 N–H and O–H groups in total. The highest BCUT2D eigenvalue weighted by molar-refractivity contribution is 8.00. The molecule has 1 saturated heterocycles. The van der Waals surface area contributed by atoms with Gasteiger partial charge in [0.25, 0.3) is 17.5 Å². The Hall–Kier alpha value is -3.80. The number of benzene rings is 3. The highest BCUT2D eigenvalue weighted by Crippen LogP contribution is 2.33. The molecule has 0 radical (unpaired) electrons. The van der Waals surface area contributed by atoms with Crippen LogP contribution < -0.4 is 5.32 Å². The number of carbonyl (C=O) groups excluding carboxylic acids is 2. The number of piperazine rings is 1. The van der Waals surface area contributed by atoms with Crippen LogP contribution in [0.5, 0.6) is 0 Å². The summed E-state index contributed by atoms with van der Waals surface area (Å²) in [5.74, 6) is 0.177. The number of thiazole rings is 1. The van der Waals surface area contributed by atoms with Gasteiger partial charge in [-0.25, -0.2) is 4.98 Å². The molecule has 0 aliphatic carbocycles. The molecule has 0 saturated carbocycles. The van der Waals surface area contributed by atoms with Crippen LogP contribution in [-0.2, 0) is 5.75 Å². The number of nitro benzene ring substituents is 1.